The fourth-order valence-corrected chi connectivity index (χ4v) is 1.23. The molecule has 0 radical (unpaired) electrons. The lowest BCUT2D eigenvalue weighted by Gasteiger charge is -2.09. The summed E-state index contributed by atoms with van der Waals surface area (Å²) in [6.07, 6.45) is 2.59. The molecule has 0 saturated heterocycles. The summed E-state index contributed by atoms with van der Waals surface area (Å²) < 4.78 is 10.5. The number of carbonyl (C=O) groups is 1. The molecule has 0 amide bonds. The van der Waals surface area contributed by atoms with Gasteiger partial charge >= 0.3 is 5.97 Å². The van der Waals surface area contributed by atoms with Crippen LogP contribution in [-0.4, -0.2) is 24.8 Å². The Morgan fingerprint density at radius 2 is 2.19 bits per heavy atom. The van der Waals surface area contributed by atoms with Crippen molar-refractivity contribution >= 4 is 12.0 Å². The van der Waals surface area contributed by atoms with Crippen LogP contribution in [0.3, 0.4) is 0 Å². The van der Waals surface area contributed by atoms with Crippen LogP contribution in [0.2, 0.25) is 0 Å². The molecule has 0 atom stereocenters. The van der Waals surface area contributed by atoms with Crippen molar-refractivity contribution < 1.29 is 19.4 Å². The summed E-state index contributed by atoms with van der Waals surface area (Å²) in [5.41, 5.74) is 0.756. The average Bonchev–Trinajstić information content (AvgIpc) is 2.27. The number of rotatable bonds is 5. The summed E-state index contributed by atoms with van der Waals surface area (Å²) >= 11 is 0. The Morgan fingerprint density at radius 1 is 1.44 bits per heavy atom. The van der Waals surface area contributed by atoms with E-state index in [1.54, 1.807) is 25.3 Å². The molecule has 4 nitrogen and oxygen atoms in total. The van der Waals surface area contributed by atoms with E-state index in [1.165, 1.54) is 6.08 Å². The molecule has 0 fully saturated rings. The lowest BCUT2D eigenvalue weighted by molar-refractivity contribution is -0.131. The molecule has 86 valence electrons. The molecule has 1 N–H and O–H groups in total. The normalized spacial score (nSPS) is 10.4. The monoisotopic (exact) mass is 222 g/mol. The van der Waals surface area contributed by atoms with Gasteiger partial charge in [-0.3, -0.25) is 0 Å². The third kappa shape index (κ3) is 3.31. The molecule has 16 heavy (non-hydrogen) atoms. The van der Waals surface area contributed by atoms with Gasteiger partial charge < -0.3 is 14.6 Å². The maximum atomic E-state index is 10.4. The molecule has 0 aromatic heterocycles. The van der Waals surface area contributed by atoms with Crippen LogP contribution in [0.5, 0.6) is 11.5 Å². The number of ether oxygens (including phenoxy) is 2. The Labute approximate surface area is 94.1 Å². The Balaban J connectivity index is 2.96. The Kier molecular flexibility index (Phi) is 4.39. The number of carboxylic acids is 1. The highest BCUT2D eigenvalue weighted by molar-refractivity contribution is 5.85. The first-order valence-corrected chi connectivity index (χ1v) is 4.89. The van der Waals surface area contributed by atoms with Crippen molar-refractivity contribution in [3.8, 4) is 11.5 Å². The summed E-state index contributed by atoms with van der Waals surface area (Å²) in [5.74, 6) is 0.264. The smallest absolute Gasteiger partial charge is 0.328 e. The zero-order chi connectivity index (χ0) is 12.0. The van der Waals surface area contributed by atoms with Crippen molar-refractivity contribution in [1.29, 1.82) is 0 Å². The van der Waals surface area contributed by atoms with Crippen LogP contribution in [-0.2, 0) is 4.79 Å². The van der Waals surface area contributed by atoms with E-state index >= 15 is 0 Å². The fourth-order valence-electron chi connectivity index (χ4n) is 1.23. The van der Waals surface area contributed by atoms with Crippen LogP contribution in [0.25, 0.3) is 6.08 Å². The van der Waals surface area contributed by atoms with Crippen molar-refractivity contribution in [3.63, 3.8) is 0 Å². The second-order valence-electron chi connectivity index (χ2n) is 3.01. The number of aliphatic carboxylic acids is 1. The number of hydrogen-bond acceptors (Lipinski definition) is 3. The van der Waals surface area contributed by atoms with Gasteiger partial charge in [-0.1, -0.05) is 6.07 Å². The molecule has 0 heterocycles. The summed E-state index contributed by atoms with van der Waals surface area (Å²) in [6.45, 7) is 2.40. The number of hydrogen-bond donors (Lipinski definition) is 1. The zero-order valence-electron chi connectivity index (χ0n) is 9.27. The van der Waals surface area contributed by atoms with E-state index in [0.29, 0.717) is 18.1 Å². The van der Waals surface area contributed by atoms with E-state index in [1.807, 2.05) is 6.92 Å². The summed E-state index contributed by atoms with van der Waals surface area (Å²) in [6, 6.07) is 5.25. The third-order valence-electron chi connectivity index (χ3n) is 1.91. The predicted octanol–water partition coefficient (Wildman–Crippen LogP) is 2.19. The maximum Gasteiger partial charge on any atom is 0.328 e. The van der Waals surface area contributed by atoms with Crippen LogP contribution >= 0.6 is 0 Å². The molecule has 1 rings (SSSR count). The third-order valence-corrected chi connectivity index (χ3v) is 1.91. The van der Waals surface area contributed by atoms with Crippen molar-refractivity contribution in [1.82, 2.24) is 0 Å². The molecule has 1 aromatic rings. The van der Waals surface area contributed by atoms with Gasteiger partial charge in [-0.15, -0.1) is 0 Å². The quantitative estimate of drug-likeness (QED) is 0.776. The van der Waals surface area contributed by atoms with E-state index in [4.69, 9.17) is 14.6 Å². The molecule has 0 saturated carbocycles. The molecule has 0 aliphatic carbocycles. The maximum absolute atomic E-state index is 10.4. The average molecular weight is 222 g/mol. The van der Waals surface area contributed by atoms with E-state index in [0.717, 1.165) is 11.6 Å². The summed E-state index contributed by atoms with van der Waals surface area (Å²) in [7, 11) is 1.56. The minimum Gasteiger partial charge on any atom is -0.493 e. The Bertz CT molecular complexity index is 396. The van der Waals surface area contributed by atoms with Gasteiger partial charge in [0.2, 0.25) is 0 Å². The number of benzene rings is 1. The highest BCUT2D eigenvalue weighted by Crippen LogP contribution is 2.28. The van der Waals surface area contributed by atoms with Gasteiger partial charge in [0, 0.05) is 6.08 Å². The van der Waals surface area contributed by atoms with Gasteiger partial charge in [-0.2, -0.15) is 0 Å². The zero-order valence-corrected chi connectivity index (χ0v) is 9.27. The first kappa shape index (κ1) is 12.1. The molecular weight excluding hydrogens is 208 g/mol. The molecule has 0 aliphatic heterocycles. The lowest BCUT2D eigenvalue weighted by atomic mass is 10.2. The highest BCUT2D eigenvalue weighted by atomic mass is 16.5. The molecule has 0 unspecified atom stereocenters. The Morgan fingerprint density at radius 3 is 2.75 bits per heavy atom. The standard InChI is InChI=1S/C12H14O4/c1-3-16-11-8-9(5-7-12(13)14)4-6-10(11)15-2/h4-8H,3H2,1-2H3,(H,13,14)/b7-5+. The van der Waals surface area contributed by atoms with E-state index in [2.05, 4.69) is 0 Å². The number of carboxylic acid groups (broad SMARTS) is 1. The van der Waals surface area contributed by atoms with Gasteiger partial charge in [-0.05, 0) is 30.7 Å². The van der Waals surface area contributed by atoms with Crippen LogP contribution in [0.15, 0.2) is 24.3 Å². The number of methoxy groups -OCH3 is 1. The van der Waals surface area contributed by atoms with E-state index < -0.39 is 5.97 Å². The summed E-state index contributed by atoms with van der Waals surface area (Å²) in [5, 5.41) is 8.51. The molecular formula is C12H14O4. The van der Waals surface area contributed by atoms with Crippen molar-refractivity contribution in [2.24, 2.45) is 0 Å². The first-order valence-electron chi connectivity index (χ1n) is 4.89. The minimum absolute atomic E-state index is 0.530. The van der Waals surface area contributed by atoms with Crippen LogP contribution in [0.1, 0.15) is 12.5 Å². The molecule has 1 aromatic carbocycles. The predicted molar refractivity (Wildman–Crippen MR) is 60.8 cm³/mol. The molecule has 0 spiro atoms. The van der Waals surface area contributed by atoms with Gasteiger partial charge in [-0.25, -0.2) is 4.79 Å². The van der Waals surface area contributed by atoms with Crippen molar-refractivity contribution in [2.45, 2.75) is 6.92 Å². The molecule has 0 aliphatic rings. The van der Waals surface area contributed by atoms with Gasteiger partial charge in [0.05, 0.1) is 13.7 Å². The SMILES string of the molecule is CCOc1cc(/C=C/C(=O)O)ccc1OC. The minimum atomic E-state index is -0.978. The second kappa shape index (κ2) is 5.80. The van der Waals surface area contributed by atoms with Gasteiger partial charge in [0.1, 0.15) is 0 Å². The van der Waals surface area contributed by atoms with E-state index in [9.17, 15) is 4.79 Å². The van der Waals surface area contributed by atoms with Crippen LogP contribution in [0, 0.1) is 0 Å². The Hall–Kier alpha value is -1.97. The van der Waals surface area contributed by atoms with Crippen LogP contribution in [0.4, 0.5) is 0 Å². The van der Waals surface area contributed by atoms with Gasteiger partial charge in [0.25, 0.3) is 0 Å². The summed E-state index contributed by atoms with van der Waals surface area (Å²) in [4.78, 5) is 10.4. The topological polar surface area (TPSA) is 55.8 Å². The second-order valence-corrected chi connectivity index (χ2v) is 3.01. The molecule has 0 bridgehead atoms. The van der Waals surface area contributed by atoms with Gasteiger partial charge in [0.15, 0.2) is 11.5 Å². The van der Waals surface area contributed by atoms with Crippen LogP contribution < -0.4 is 9.47 Å². The largest absolute Gasteiger partial charge is 0.493 e. The van der Waals surface area contributed by atoms with Crippen molar-refractivity contribution in [2.75, 3.05) is 13.7 Å². The first-order chi connectivity index (χ1) is 7.67. The van der Waals surface area contributed by atoms with Crippen molar-refractivity contribution in [3.05, 3.63) is 29.8 Å². The molecule has 4 heteroatoms. The lowest BCUT2D eigenvalue weighted by Crippen LogP contribution is -1.95. The fraction of sp³-hybridized carbons (Fsp3) is 0.250. The van der Waals surface area contributed by atoms with E-state index in [-0.39, 0.29) is 0 Å². The highest BCUT2D eigenvalue weighted by Gasteiger charge is 2.03.